The Morgan fingerprint density at radius 3 is 2.76 bits per heavy atom. The number of carbonyl (C=O) groups excluding carboxylic acids is 2. The molecule has 2 N–H and O–H groups in total. The topological polar surface area (TPSA) is 109 Å². The Kier molecular flexibility index (Phi) is 6.08. The highest BCUT2D eigenvalue weighted by molar-refractivity contribution is 7.22. The number of amides is 2. The van der Waals surface area contributed by atoms with Gasteiger partial charge in [-0.2, -0.15) is 4.98 Å². The summed E-state index contributed by atoms with van der Waals surface area (Å²) in [5.74, 6) is -0.206. The normalized spacial score (nSPS) is 18.3. The summed E-state index contributed by atoms with van der Waals surface area (Å²) < 4.78 is 1.74. The van der Waals surface area contributed by atoms with Crippen LogP contribution in [0, 0.1) is 5.92 Å². The van der Waals surface area contributed by atoms with Crippen molar-refractivity contribution in [2.45, 2.75) is 44.8 Å². The SMILES string of the molecule is O=C(Cn1cnc2nc(N3CCC[C@@H](C(=O)NC4CC4)C3)sc2c1=O)NCc1ccccc1. The van der Waals surface area contributed by atoms with Crippen molar-refractivity contribution in [2.75, 3.05) is 18.0 Å². The summed E-state index contributed by atoms with van der Waals surface area (Å²) >= 11 is 1.28. The minimum Gasteiger partial charge on any atom is -0.353 e. The molecule has 1 saturated carbocycles. The van der Waals surface area contributed by atoms with Gasteiger partial charge < -0.3 is 15.5 Å². The van der Waals surface area contributed by atoms with Gasteiger partial charge in [0.05, 0.1) is 5.92 Å². The lowest BCUT2D eigenvalue weighted by atomic mass is 9.97. The molecule has 1 atom stereocenters. The Morgan fingerprint density at radius 1 is 1.15 bits per heavy atom. The number of anilines is 1. The van der Waals surface area contributed by atoms with Crippen molar-refractivity contribution in [3.63, 3.8) is 0 Å². The molecule has 3 heterocycles. The molecular formula is C23H26N6O3S. The Morgan fingerprint density at radius 2 is 1.97 bits per heavy atom. The number of nitrogens with zero attached hydrogens (tertiary/aromatic N) is 4. The first-order chi connectivity index (χ1) is 16.1. The number of fused-ring (bicyclic) bond motifs is 1. The molecule has 0 bridgehead atoms. The van der Waals surface area contributed by atoms with Crippen LogP contribution in [-0.2, 0) is 22.7 Å². The molecule has 1 aliphatic heterocycles. The molecule has 1 aliphatic carbocycles. The van der Waals surface area contributed by atoms with E-state index in [9.17, 15) is 14.4 Å². The third-order valence-corrected chi connectivity index (χ3v) is 7.10. The molecular weight excluding hydrogens is 440 g/mol. The molecule has 33 heavy (non-hydrogen) atoms. The van der Waals surface area contributed by atoms with Crippen LogP contribution in [0.2, 0.25) is 0 Å². The van der Waals surface area contributed by atoms with E-state index in [2.05, 4.69) is 25.5 Å². The Labute approximate surface area is 194 Å². The van der Waals surface area contributed by atoms with E-state index in [1.807, 2.05) is 30.3 Å². The van der Waals surface area contributed by atoms with Gasteiger partial charge in [0.2, 0.25) is 11.8 Å². The standard InChI is InChI=1S/C23H26N6O3S/c30-18(24-11-15-5-2-1-3-6-15)13-29-14-25-20-19(22(29)32)33-23(27-20)28-10-4-7-16(12-28)21(31)26-17-8-9-17/h1-3,5-6,14,16-17H,4,7-13H2,(H,24,30)(H,26,31)/t16-/m1/s1. The maximum absolute atomic E-state index is 13.0. The van der Waals surface area contributed by atoms with Gasteiger partial charge in [0.1, 0.15) is 17.6 Å². The molecule has 10 heteroatoms. The van der Waals surface area contributed by atoms with Gasteiger partial charge in [0, 0.05) is 25.7 Å². The summed E-state index contributed by atoms with van der Waals surface area (Å²) in [6.07, 6.45) is 5.28. The third-order valence-electron chi connectivity index (χ3n) is 6.01. The van der Waals surface area contributed by atoms with Gasteiger partial charge in [-0.3, -0.25) is 19.0 Å². The highest BCUT2D eigenvalue weighted by Gasteiger charge is 2.31. The second kappa shape index (κ2) is 9.30. The zero-order valence-electron chi connectivity index (χ0n) is 18.2. The monoisotopic (exact) mass is 466 g/mol. The number of piperidine rings is 1. The van der Waals surface area contributed by atoms with Crippen LogP contribution < -0.4 is 21.1 Å². The van der Waals surface area contributed by atoms with Crippen LogP contribution in [-0.4, -0.2) is 45.5 Å². The van der Waals surface area contributed by atoms with Gasteiger partial charge in [-0.25, -0.2) is 4.98 Å². The first-order valence-electron chi connectivity index (χ1n) is 11.3. The summed E-state index contributed by atoms with van der Waals surface area (Å²) in [6, 6.07) is 9.95. The predicted octanol–water partition coefficient (Wildman–Crippen LogP) is 1.66. The first kappa shape index (κ1) is 21.6. The Bertz CT molecular complexity index is 1220. The van der Waals surface area contributed by atoms with Crippen molar-refractivity contribution >= 4 is 38.6 Å². The molecule has 0 spiro atoms. The van der Waals surface area contributed by atoms with Crippen molar-refractivity contribution in [1.82, 2.24) is 25.2 Å². The molecule has 2 aliphatic rings. The maximum Gasteiger partial charge on any atom is 0.273 e. The van der Waals surface area contributed by atoms with E-state index < -0.39 is 0 Å². The molecule has 2 fully saturated rings. The van der Waals surface area contributed by atoms with Gasteiger partial charge in [-0.05, 0) is 31.2 Å². The number of benzene rings is 1. The van der Waals surface area contributed by atoms with Gasteiger partial charge in [0.15, 0.2) is 10.8 Å². The predicted molar refractivity (Wildman–Crippen MR) is 126 cm³/mol. The van der Waals surface area contributed by atoms with Crippen LogP contribution in [0.5, 0.6) is 0 Å². The second-order valence-corrected chi connectivity index (χ2v) is 9.63. The number of carbonyl (C=O) groups is 2. The number of rotatable bonds is 7. The van der Waals surface area contributed by atoms with E-state index in [-0.39, 0.29) is 29.8 Å². The van der Waals surface area contributed by atoms with E-state index in [0.29, 0.717) is 34.6 Å². The zero-order valence-corrected chi connectivity index (χ0v) is 19.0. The molecule has 0 unspecified atom stereocenters. The van der Waals surface area contributed by atoms with Crippen LogP contribution in [0.25, 0.3) is 10.3 Å². The minimum absolute atomic E-state index is 0.0655. The first-order valence-corrected chi connectivity index (χ1v) is 12.1. The molecule has 2 aromatic heterocycles. The maximum atomic E-state index is 13.0. The van der Waals surface area contributed by atoms with Crippen LogP contribution in [0.4, 0.5) is 5.13 Å². The number of hydrogen-bond donors (Lipinski definition) is 2. The van der Waals surface area contributed by atoms with Gasteiger partial charge in [-0.15, -0.1) is 0 Å². The molecule has 1 saturated heterocycles. The van der Waals surface area contributed by atoms with E-state index in [1.54, 1.807) is 0 Å². The number of thiazole rings is 1. The molecule has 3 aromatic rings. The quantitative estimate of drug-likeness (QED) is 0.548. The van der Waals surface area contributed by atoms with E-state index >= 15 is 0 Å². The van der Waals surface area contributed by atoms with Crippen molar-refractivity contribution in [2.24, 2.45) is 5.92 Å². The fourth-order valence-corrected chi connectivity index (χ4v) is 5.01. The summed E-state index contributed by atoms with van der Waals surface area (Å²) in [7, 11) is 0. The highest BCUT2D eigenvalue weighted by Crippen LogP contribution is 2.30. The molecule has 5 rings (SSSR count). The average Bonchev–Trinajstić information content (AvgIpc) is 3.54. The van der Waals surface area contributed by atoms with Gasteiger partial charge in [0.25, 0.3) is 5.56 Å². The molecule has 0 radical (unpaired) electrons. The number of nitrogens with one attached hydrogen (secondary N) is 2. The molecule has 9 nitrogen and oxygen atoms in total. The van der Waals surface area contributed by atoms with Gasteiger partial charge in [-0.1, -0.05) is 41.7 Å². The summed E-state index contributed by atoms with van der Waals surface area (Å²) in [4.78, 5) is 48.7. The third kappa shape index (κ3) is 5.05. The van der Waals surface area contributed by atoms with Crippen LogP contribution in [0.3, 0.4) is 0 Å². The highest BCUT2D eigenvalue weighted by atomic mass is 32.1. The lowest BCUT2D eigenvalue weighted by Crippen LogP contribution is -2.43. The molecule has 172 valence electrons. The van der Waals surface area contributed by atoms with Crippen LogP contribution in [0.1, 0.15) is 31.2 Å². The van der Waals surface area contributed by atoms with Gasteiger partial charge >= 0.3 is 0 Å². The lowest BCUT2D eigenvalue weighted by molar-refractivity contribution is -0.125. The average molecular weight is 467 g/mol. The Hall–Kier alpha value is -3.27. The second-order valence-electron chi connectivity index (χ2n) is 8.66. The lowest BCUT2D eigenvalue weighted by Gasteiger charge is -2.31. The molecule has 2 amide bonds. The van der Waals surface area contributed by atoms with Crippen molar-refractivity contribution in [3.05, 3.63) is 52.6 Å². The zero-order chi connectivity index (χ0) is 22.8. The van der Waals surface area contributed by atoms with E-state index in [1.165, 1.54) is 22.2 Å². The number of hydrogen-bond acceptors (Lipinski definition) is 7. The largest absolute Gasteiger partial charge is 0.353 e. The minimum atomic E-state index is -0.279. The van der Waals surface area contributed by atoms with Crippen molar-refractivity contribution < 1.29 is 9.59 Å². The fourth-order valence-electron chi connectivity index (χ4n) is 4.00. The smallest absolute Gasteiger partial charge is 0.273 e. The van der Waals surface area contributed by atoms with E-state index in [0.717, 1.165) is 37.8 Å². The fraction of sp³-hybridized carbons (Fsp3) is 0.435. The van der Waals surface area contributed by atoms with Crippen molar-refractivity contribution in [3.8, 4) is 0 Å². The summed E-state index contributed by atoms with van der Waals surface area (Å²) in [6.45, 7) is 1.69. The number of aromatic nitrogens is 3. The summed E-state index contributed by atoms with van der Waals surface area (Å²) in [5, 5.41) is 6.62. The van der Waals surface area contributed by atoms with Crippen molar-refractivity contribution in [1.29, 1.82) is 0 Å². The van der Waals surface area contributed by atoms with Crippen LogP contribution in [0.15, 0.2) is 41.5 Å². The van der Waals surface area contributed by atoms with Crippen LogP contribution >= 0.6 is 11.3 Å². The summed E-state index contributed by atoms with van der Waals surface area (Å²) in [5.41, 5.74) is 1.09. The van der Waals surface area contributed by atoms with E-state index in [4.69, 9.17) is 0 Å². The Balaban J connectivity index is 1.26. The molecule has 1 aromatic carbocycles.